The summed E-state index contributed by atoms with van der Waals surface area (Å²) in [7, 11) is 1.62. The lowest BCUT2D eigenvalue weighted by atomic mass is 10.0. The minimum Gasteiger partial charge on any atom is -0.497 e. The van der Waals surface area contributed by atoms with Crippen LogP contribution < -0.4 is 14.8 Å². The van der Waals surface area contributed by atoms with E-state index < -0.39 is 6.10 Å². The van der Waals surface area contributed by atoms with Gasteiger partial charge in [0.1, 0.15) is 24.2 Å². The van der Waals surface area contributed by atoms with Crippen molar-refractivity contribution in [2.45, 2.75) is 44.1 Å². The van der Waals surface area contributed by atoms with Crippen molar-refractivity contribution in [1.29, 1.82) is 0 Å². The van der Waals surface area contributed by atoms with Crippen molar-refractivity contribution in [1.82, 2.24) is 5.32 Å². The molecule has 0 aromatic heterocycles. The van der Waals surface area contributed by atoms with E-state index in [-0.39, 0.29) is 11.4 Å². The molecule has 0 saturated heterocycles. The number of aliphatic hydroxyl groups excluding tert-OH is 1. The maximum atomic E-state index is 10.0. The predicted molar refractivity (Wildman–Crippen MR) is 94.2 cm³/mol. The van der Waals surface area contributed by atoms with Gasteiger partial charge in [-0.25, -0.2) is 0 Å². The van der Waals surface area contributed by atoms with Crippen molar-refractivity contribution < 1.29 is 14.6 Å². The molecule has 0 aliphatic carbocycles. The Balaban J connectivity index is 2.29. The van der Waals surface area contributed by atoms with Gasteiger partial charge in [0.25, 0.3) is 0 Å². The van der Waals surface area contributed by atoms with Gasteiger partial charge in [-0.2, -0.15) is 11.8 Å². The van der Waals surface area contributed by atoms with Crippen LogP contribution in [0.3, 0.4) is 0 Å². The molecule has 2 atom stereocenters. The lowest BCUT2D eigenvalue weighted by Gasteiger charge is -2.27. The molecule has 0 aliphatic rings. The van der Waals surface area contributed by atoms with Crippen LogP contribution in [0.15, 0.2) is 24.3 Å². The summed E-state index contributed by atoms with van der Waals surface area (Å²) in [6, 6.07) is 7.75. The van der Waals surface area contributed by atoms with Gasteiger partial charge in [0.05, 0.1) is 7.11 Å². The Kier molecular flexibility index (Phi) is 8.07. The van der Waals surface area contributed by atoms with Gasteiger partial charge in [0.15, 0.2) is 0 Å². The first kappa shape index (κ1) is 19.1. The molecule has 0 amide bonds. The lowest BCUT2D eigenvalue weighted by Crippen LogP contribution is -2.39. The number of rotatable bonds is 10. The third kappa shape index (κ3) is 7.38. The number of hydrogen-bond acceptors (Lipinski definition) is 5. The third-order valence-corrected chi connectivity index (χ3v) is 4.81. The summed E-state index contributed by atoms with van der Waals surface area (Å²) < 4.78 is 11.0. The first-order chi connectivity index (χ1) is 10.4. The largest absolute Gasteiger partial charge is 0.497 e. The molecule has 0 heterocycles. The Morgan fingerprint density at radius 2 is 2.00 bits per heavy atom. The van der Waals surface area contributed by atoms with Gasteiger partial charge in [0, 0.05) is 23.4 Å². The smallest absolute Gasteiger partial charge is 0.123 e. The van der Waals surface area contributed by atoms with E-state index in [1.54, 1.807) is 7.11 Å². The highest BCUT2D eigenvalue weighted by molar-refractivity contribution is 7.99. The maximum absolute atomic E-state index is 10.0. The van der Waals surface area contributed by atoms with Gasteiger partial charge < -0.3 is 19.9 Å². The molecule has 126 valence electrons. The van der Waals surface area contributed by atoms with E-state index in [1.807, 2.05) is 36.0 Å². The molecule has 0 bridgehead atoms. The highest BCUT2D eigenvalue weighted by Crippen LogP contribution is 2.26. The highest BCUT2D eigenvalue weighted by atomic mass is 32.2. The monoisotopic (exact) mass is 327 g/mol. The van der Waals surface area contributed by atoms with Crippen LogP contribution in [-0.4, -0.2) is 48.5 Å². The zero-order chi connectivity index (χ0) is 16.6. The van der Waals surface area contributed by atoms with Crippen molar-refractivity contribution >= 4 is 11.8 Å². The van der Waals surface area contributed by atoms with Crippen LogP contribution >= 0.6 is 11.8 Å². The minimum absolute atomic E-state index is 0.245. The molecule has 0 unspecified atom stereocenters. The Morgan fingerprint density at radius 3 is 2.64 bits per heavy atom. The maximum Gasteiger partial charge on any atom is 0.123 e. The van der Waals surface area contributed by atoms with E-state index in [2.05, 4.69) is 32.3 Å². The number of thioether (sulfide) groups is 1. The standard InChI is InChI=1S/C17H29NO3S/c1-13(10-17(2,3)22-5)18-11-14(19)12-21-16-8-6-7-15(9-16)20-4/h6-9,13-14,18-19H,10-12H2,1-5H3/t13-,14+/m0/s1. The number of benzene rings is 1. The quantitative estimate of drug-likeness (QED) is 0.692. The number of methoxy groups -OCH3 is 1. The normalized spacial score (nSPS) is 14.5. The fraction of sp³-hybridized carbons (Fsp3) is 0.647. The molecule has 0 saturated carbocycles. The lowest BCUT2D eigenvalue weighted by molar-refractivity contribution is 0.103. The van der Waals surface area contributed by atoms with E-state index in [0.717, 1.165) is 12.2 Å². The van der Waals surface area contributed by atoms with E-state index >= 15 is 0 Å². The molecule has 0 fully saturated rings. The van der Waals surface area contributed by atoms with Crippen LogP contribution in [0.1, 0.15) is 27.2 Å². The molecule has 1 rings (SSSR count). The second-order valence-electron chi connectivity index (χ2n) is 6.12. The predicted octanol–water partition coefficient (Wildman–Crippen LogP) is 2.94. The molecule has 1 aromatic rings. The van der Waals surface area contributed by atoms with Crippen LogP contribution in [0, 0.1) is 0 Å². The highest BCUT2D eigenvalue weighted by Gasteiger charge is 2.20. The van der Waals surface area contributed by atoms with Crippen LogP contribution in [0.25, 0.3) is 0 Å². The number of nitrogens with one attached hydrogen (secondary N) is 1. The first-order valence-electron chi connectivity index (χ1n) is 7.59. The van der Waals surface area contributed by atoms with Crippen molar-refractivity contribution in [3.05, 3.63) is 24.3 Å². The molecular formula is C17H29NO3S. The van der Waals surface area contributed by atoms with E-state index in [4.69, 9.17) is 9.47 Å². The third-order valence-electron chi connectivity index (χ3n) is 3.54. The van der Waals surface area contributed by atoms with Gasteiger partial charge in [-0.1, -0.05) is 19.9 Å². The topological polar surface area (TPSA) is 50.7 Å². The molecule has 0 spiro atoms. The van der Waals surface area contributed by atoms with Crippen LogP contribution in [0.2, 0.25) is 0 Å². The Labute approximate surface area is 138 Å². The van der Waals surface area contributed by atoms with E-state index in [1.165, 1.54) is 0 Å². The summed E-state index contributed by atoms with van der Waals surface area (Å²) in [6.45, 7) is 7.40. The molecular weight excluding hydrogens is 298 g/mol. The molecule has 1 aromatic carbocycles. The fourth-order valence-electron chi connectivity index (χ4n) is 2.17. The summed E-state index contributed by atoms with van der Waals surface area (Å²) in [5, 5.41) is 13.4. The molecule has 4 nitrogen and oxygen atoms in total. The number of aliphatic hydroxyl groups is 1. The number of ether oxygens (including phenoxy) is 2. The van der Waals surface area contributed by atoms with E-state index in [9.17, 15) is 5.11 Å². The van der Waals surface area contributed by atoms with Crippen molar-refractivity contribution in [3.8, 4) is 11.5 Å². The van der Waals surface area contributed by atoms with Gasteiger partial charge >= 0.3 is 0 Å². The molecule has 2 N–H and O–H groups in total. The minimum atomic E-state index is -0.536. The summed E-state index contributed by atoms with van der Waals surface area (Å²) in [5.74, 6) is 1.45. The van der Waals surface area contributed by atoms with Crippen molar-refractivity contribution in [2.24, 2.45) is 0 Å². The average molecular weight is 327 g/mol. The molecule has 0 radical (unpaired) electrons. The first-order valence-corrected chi connectivity index (χ1v) is 8.82. The second kappa shape index (κ2) is 9.28. The molecule has 0 aliphatic heterocycles. The summed E-state index contributed by atoms with van der Waals surface area (Å²) in [4.78, 5) is 0. The van der Waals surface area contributed by atoms with Gasteiger partial charge in [-0.15, -0.1) is 0 Å². The van der Waals surface area contributed by atoms with Crippen LogP contribution in [0.5, 0.6) is 11.5 Å². The molecule has 22 heavy (non-hydrogen) atoms. The SMILES string of the molecule is COc1cccc(OC[C@H](O)CN[C@@H](C)CC(C)(C)SC)c1. The Hall–Kier alpha value is -0.910. The summed E-state index contributed by atoms with van der Waals surface area (Å²) in [5.41, 5.74) is 0. The zero-order valence-electron chi connectivity index (χ0n) is 14.3. The van der Waals surface area contributed by atoms with Gasteiger partial charge in [-0.05, 0) is 31.7 Å². The van der Waals surface area contributed by atoms with E-state index in [0.29, 0.717) is 18.3 Å². The Morgan fingerprint density at radius 1 is 1.32 bits per heavy atom. The van der Waals surface area contributed by atoms with Crippen LogP contribution in [-0.2, 0) is 0 Å². The average Bonchev–Trinajstić information content (AvgIpc) is 2.50. The van der Waals surface area contributed by atoms with Gasteiger partial charge in [0.2, 0.25) is 0 Å². The second-order valence-corrected chi connectivity index (χ2v) is 7.63. The van der Waals surface area contributed by atoms with Crippen LogP contribution in [0.4, 0.5) is 0 Å². The molecule has 5 heteroatoms. The Bertz CT molecular complexity index is 440. The fourth-order valence-corrected chi connectivity index (χ4v) is 2.59. The van der Waals surface area contributed by atoms with Gasteiger partial charge in [-0.3, -0.25) is 0 Å². The zero-order valence-corrected chi connectivity index (χ0v) is 15.1. The van der Waals surface area contributed by atoms with Crippen molar-refractivity contribution in [3.63, 3.8) is 0 Å². The number of hydrogen-bond donors (Lipinski definition) is 2. The summed E-state index contributed by atoms with van der Waals surface area (Å²) in [6.07, 6.45) is 2.65. The summed E-state index contributed by atoms with van der Waals surface area (Å²) >= 11 is 1.86. The van der Waals surface area contributed by atoms with Crippen molar-refractivity contribution in [2.75, 3.05) is 26.5 Å².